The fraction of sp³-hybridized carbons (Fsp3) is 0.500. The Labute approximate surface area is 170 Å². The van der Waals surface area contributed by atoms with Crippen molar-refractivity contribution >= 4 is 23.7 Å². The molecule has 29 heavy (non-hydrogen) atoms. The fourth-order valence-corrected chi connectivity index (χ4v) is 3.01. The first-order valence-electron chi connectivity index (χ1n) is 9.54. The number of likely N-dealkylation sites (tertiary alicyclic amines) is 1. The summed E-state index contributed by atoms with van der Waals surface area (Å²) >= 11 is 0. The van der Waals surface area contributed by atoms with E-state index >= 15 is 0 Å². The smallest absolute Gasteiger partial charge is 0.408 e. The number of amides is 3. The predicted octanol–water partition coefficient (Wildman–Crippen LogP) is 1.10. The van der Waals surface area contributed by atoms with Gasteiger partial charge >= 0.3 is 6.09 Å². The van der Waals surface area contributed by atoms with E-state index in [1.807, 2.05) is 0 Å². The van der Waals surface area contributed by atoms with Crippen molar-refractivity contribution in [3.05, 3.63) is 35.4 Å². The van der Waals surface area contributed by atoms with Crippen LogP contribution < -0.4 is 16.4 Å². The van der Waals surface area contributed by atoms with Crippen LogP contribution in [0.3, 0.4) is 0 Å². The van der Waals surface area contributed by atoms with Crippen LogP contribution in [0.25, 0.3) is 0 Å². The Morgan fingerprint density at radius 3 is 2.45 bits per heavy atom. The third-order valence-corrected chi connectivity index (χ3v) is 4.39. The SMILES string of the molecule is CC(C)(C)OC(=O)NCC(=O)N1CCC[C@H]1C(=O)NCc1ccc(C(=N)N)cc1. The third kappa shape index (κ3) is 6.78. The molecule has 1 aromatic rings. The maximum atomic E-state index is 12.6. The van der Waals surface area contributed by atoms with Crippen molar-refractivity contribution < 1.29 is 19.1 Å². The molecular weight excluding hydrogens is 374 g/mol. The lowest BCUT2D eigenvalue weighted by atomic mass is 10.1. The minimum absolute atomic E-state index is 0.0133. The Morgan fingerprint density at radius 1 is 1.21 bits per heavy atom. The molecule has 0 spiro atoms. The molecule has 1 fully saturated rings. The summed E-state index contributed by atoms with van der Waals surface area (Å²) < 4.78 is 5.11. The maximum Gasteiger partial charge on any atom is 0.408 e. The number of rotatable bonds is 6. The number of amidine groups is 1. The fourth-order valence-electron chi connectivity index (χ4n) is 3.01. The van der Waals surface area contributed by atoms with E-state index in [2.05, 4.69) is 10.6 Å². The summed E-state index contributed by atoms with van der Waals surface area (Å²) in [7, 11) is 0. The quantitative estimate of drug-likeness (QED) is 0.416. The summed E-state index contributed by atoms with van der Waals surface area (Å²) in [5.41, 5.74) is 6.26. The predicted molar refractivity (Wildman–Crippen MR) is 108 cm³/mol. The van der Waals surface area contributed by atoms with Crippen LogP contribution in [0.2, 0.25) is 0 Å². The zero-order valence-electron chi connectivity index (χ0n) is 17.1. The average molecular weight is 403 g/mol. The highest BCUT2D eigenvalue weighted by Gasteiger charge is 2.34. The molecule has 0 radical (unpaired) electrons. The van der Waals surface area contributed by atoms with Gasteiger partial charge < -0.3 is 26.0 Å². The molecule has 0 bridgehead atoms. The van der Waals surface area contributed by atoms with Gasteiger partial charge in [0.15, 0.2) is 0 Å². The molecule has 9 nitrogen and oxygen atoms in total. The number of hydrogen-bond acceptors (Lipinski definition) is 5. The van der Waals surface area contributed by atoms with Gasteiger partial charge in [-0.25, -0.2) is 4.79 Å². The number of hydrogen-bond donors (Lipinski definition) is 4. The molecule has 0 aliphatic carbocycles. The normalized spacial score (nSPS) is 16.2. The van der Waals surface area contributed by atoms with Crippen LogP contribution in [0.4, 0.5) is 4.79 Å². The monoisotopic (exact) mass is 403 g/mol. The molecule has 1 saturated heterocycles. The van der Waals surface area contributed by atoms with Gasteiger partial charge in [0.05, 0.1) is 0 Å². The van der Waals surface area contributed by atoms with E-state index in [4.69, 9.17) is 15.9 Å². The highest BCUT2D eigenvalue weighted by Crippen LogP contribution is 2.18. The lowest BCUT2D eigenvalue weighted by Crippen LogP contribution is -2.49. The van der Waals surface area contributed by atoms with Crippen LogP contribution in [0, 0.1) is 5.41 Å². The van der Waals surface area contributed by atoms with Crippen LogP contribution in [0.15, 0.2) is 24.3 Å². The first kappa shape index (κ1) is 22.2. The van der Waals surface area contributed by atoms with Crippen LogP contribution in [-0.2, 0) is 20.9 Å². The van der Waals surface area contributed by atoms with E-state index in [1.54, 1.807) is 45.0 Å². The average Bonchev–Trinajstić information content (AvgIpc) is 3.13. The molecule has 1 aliphatic rings. The van der Waals surface area contributed by atoms with Crippen LogP contribution in [0.1, 0.15) is 44.7 Å². The molecule has 2 rings (SSSR count). The number of nitrogens with one attached hydrogen (secondary N) is 3. The van der Waals surface area contributed by atoms with E-state index in [0.717, 1.165) is 12.0 Å². The summed E-state index contributed by atoms with van der Waals surface area (Å²) in [6, 6.07) is 6.47. The van der Waals surface area contributed by atoms with Crippen molar-refractivity contribution in [1.29, 1.82) is 5.41 Å². The highest BCUT2D eigenvalue weighted by molar-refractivity contribution is 5.95. The Morgan fingerprint density at radius 2 is 1.86 bits per heavy atom. The first-order chi connectivity index (χ1) is 13.6. The number of alkyl carbamates (subject to hydrolysis) is 1. The Hall–Kier alpha value is -3.10. The number of nitrogens with two attached hydrogens (primary N) is 1. The van der Waals surface area contributed by atoms with E-state index in [1.165, 1.54) is 4.90 Å². The van der Waals surface area contributed by atoms with Gasteiger partial charge in [0, 0.05) is 18.7 Å². The summed E-state index contributed by atoms with van der Waals surface area (Å²) in [6.07, 6.45) is 0.636. The van der Waals surface area contributed by atoms with E-state index < -0.39 is 17.7 Å². The standard InChI is InChI=1S/C20H29N5O4/c1-20(2,3)29-19(28)24-12-16(26)25-10-4-5-15(25)18(27)23-11-13-6-8-14(9-7-13)17(21)22/h6-9,15H,4-5,10-12H2,1-3H3,(H3,21,22)(H,23,27)(H,24,28)/t15-/m0/s1. The molecule has 3 amide bonds. The number of ether oxygens (including phenoxy) is 1. The molecule has 9 heteroatoms. The van der Waals surface area contributed by atoms with Gasteiger partial charge in [0.1, 0.15) is 24.0 Å². The summed E-state index contributed by atoms with van der Waals surface area (Å²) in [6.45, 7) is 5.78. The molecule has 1 aliphatic heterocycles. The van der Waals surface area contributed by atoms with Gasteiger partial charge in [0.25, 0.3) is 0 Å². The molecular formula is C20H29N5O4. The topological polar surface area (TPSA) is 138 Å². The van der Waals surface area contributed by atoms with Gasteiger partial charge in [-0.15, -0.1) is 0 Å². The lowest BCUT2D eigenvalue weighted by molar-refractivity contribution is -0.137. The second-order valence-electron chi connectivity index (χ2n) is 7.93. The second-order valence-corrected chi connectivity index (χ2v) is 7.93. The molecule has 1 heterocycles. The van der Waals surface area contributed by atoms with E-state index in [9.17, 15) is 14.4 Å². The highest BCUT2D eigenvalue weighted by atomic mass is 16.6. The Balaban J connectivity index is 1.85. The molecule has 0 saturated carbocycles. The molecule has 0 unspecified atom stereocenters. The summed E-state index contributed by atoms with van der Waals surface area (Å²) in [4.78, 5) is 38.2. The number of nitrogen functional groups attached to an aromatic ring is 1. The van der Waals surface area contributed by atoms with Gasteiger partial charge in [-0.2, -0.15) is 0 Å². The Kier molecular flexibility index (Phi) is 7.19. The largest absolute Gasteiger partial charge is 0.444 e. The van der Waals surface area contributed by atoms with Crippen LogP contribution in [-0.4, -0.2) is 53.4 Å². The van der Waals surface area contributed by atoms with Crippen molar-refractivity contribution in [2.24, 2.45) is 5.73 Å². The zero-order valence-corrected chi connectivity index (χ0v) is 17.1. The van der Waals surface area contributed by atoms with E-state index in [-0.39, 0.29) is 24.2 Å². The zero-order chi connectivity index (χ0) is 21.6. The van der Waals surface area contributed by atoms with Crippen molar-refractivity contribution in [3.63, 3.8) is 0 Å². The minimum atomic E-state index is -0.667. The third-order valence-electron chi connectivity index (χ3n) is 4.39. The number of carbonyl (C=O) groups excluding carboxylic acids is 3. The minimum Gasteiger partial charge on any atom is -0.444 e. The lowest BCUT2D eigenvalue weighted by Gasteiger charge is -2.25. The van der Waals surface area contributed by atoms with Gasteiger partial charge in [0.2, 0.25) is 11.8 Å². The number of nitrogens with zero attached hydrogens (tertiary/aromatic N) is 1. The Bertz CT molecular complexity index is 770. The second kappa shape index (κ2) is 9.40. The number of benzene rings is 1. The molecule has 158 valence electrons. The molecule has 1 aromatic carbocycles. The summed E-state index contributed by atoms with van der Waals surface area (Å²) in [5.74, 6) is -0.566. The van der Waals surface area contributed by atoms with Crippen molar-refractivity contribution in [2.45, 2.75) is 51.8 Å². The van der Waals surface area contributed by atoms with Gasteiger partial charge in [-0.05, 0) is 39.2 Å². The van der Waals surface area contributed by atoms with Gasteiger partial charge in [-0.3, -0.25) is 15.0 Å². The molecule has 0 aromatic heterocycles. The molecule has 1 atom stereocenters. The van der Waals surface area contributed by atoms with Crippen LogP contribution >= 0.6 is 0 Å². The summed E-state index contributed by atoms with van der Waals surface area (Å²) in [5, 5.41) is 12.7. The number of carbonyl (C=O) groups is 3. The van der Waals surface area contributed by atoms with Crippen molar-refractivity contribution in [2.75, 3.05) is 13.1 Å². The van der Waals surface area contributed by atoms with Crippen LogP contribution in [0.5, 0.6) is 0 Å². The maximum absolute atomic E-state index is 12.6. The van der Waals surface area contributed by atoms with Crippen molar-refractivity contribution in [1.82, 2.24) is 15.5 Å². The first-order valence-corrected chi connectivity index (χ1v) is 9.54. The molecule has 5 N–H and O–H groups in total. The van der Waals surface area contributed by atoms with Gasteiger partial charge in [-0.1, -0.05) is 24.3 Å². The van der Waals surface area contributed by atoms with Crippen molar-refractivity contribution in [3.8, 4) is 0 Å². The van der Waals surface area contributed by atoms with E-state index in [0.29, 0.717) is 25.1 Å².